The molecule has 3 aromatic rings. The summed E-state index contributed by atoms with van der Waals surface area (Å²) in [5, 5.41) is 1.36. The summed E-state index contributed by atoms with van der Waals surface area (Å²) in [6, 6.07) is 4.96. The lowest BCUT2D eigenvalue weighted by Crippen LogP contribution is -2.10. The quantitative estimate of drug-likeness (QED) is 0.686. The summed E-state index contributed by atoms with van der Waals surface area (Å²) >= 11 is 13.0. The second kappa shape index (κ2) is 6.55. The fourth-order valence-electron chi connectivity index (χ4n) is 2.29. The first-order chi connectivity index (χ1) is 11.4. The van der Waals surface area contributed by atoms with Crippen molar-refractivity contribution >= 4 is 50.7 Å². The number of hydrogen-bond donors (Lipinski definition) is 1. The van der Waals surface area contributed by atoms with E-state index in [0.29, 0.717) is 42.1 Å². The fourth-order valence-corrected chi connectivity index (χ4v) is 3.88. The minimum atomic E-state index is -0.515. The van der Waals surface area contributed by atoms with Gasteiger partial charge in [0.1, 0.15) is 22.1 Å². The molecule has 0 aliphatic rings. The molecule has 0 bridgehead atoms. The molecule has 0 saturated heterocycles. The molecule has 3 rings (SSSR count). The van der Waals surface area contributed by atoms with E-state index < -0.39 is 5.97 Å². The van der Waals surface area contributed by atoms with Gasteiger partial charge in [0, 0.05) is 15.6 Å². The highest BCUT2D eigenvalue weighted by molar-refractivity contribution is 7.20. The maximum atomic E-state index is 12.4. The molecule has 0 amide bonds. The van der Waals surface area contributed by atoms with Gasteiger partial charge in [-0.3, -0.25) is 4.79 Å². The van der Waals surface area contributed by atoms with Gasteiger partial charge >= 0.3 is 5.97 Å². The van der Waals surface area contributed by atoms with Crippen LogP contribution < -0.4 is 5.56 Å². The molecular formula is C16H12Cl2N2O3S. The van der Waals surface area contributed by atoms with E-state index in [1.54, 1.807) is 32.0 Å². The highest BCUT2D eigenvalue weighted by Crippen LogP contribution is 2.28. The van der Waals surface area contributed by atoms with Gasteiger partial charge in [-0.05, 0) is 31.5 Å². The van der Waals surface area contributed by atoms with E-state index in [1.807, 2.05) is 0 Å². The van der Waals surface area contributed by atoms with Crippen LogP contribution >= 0.6 is 34.5 Å². The molecule has 0 aliphatic heterocycles. The number of H-pyrrole nitrogens is 1. The Bertz CT molecular complexity index is 1010. The van der Waals surface area contributed by atoms with Gasteiger partial charge in [-0.25, -0.2) is 9.78 Å². The summed E-state index contributed by atoms with van der Waals surface area (Å²) in [6.07, 6.45) is 0. The molecule has 1 N–H and O–H groups in total. The van der Waals surface area contributed by atoms with Gasteiger partial charge in [0.25, 0.3) is 5.56 Å². The first kappa shape index (κ1) is 17.0. The number of nitrogens with one attached hydrogen (secondary N) is 1. The lowest BCUT2D eigenvalue weighted by Gasteiger charge is -2.06. The molecule has 1 aromatic carbocycles. The molecule has 0 unspecified atom stereocenters. The Kier molecular flexibility index (Phi) is 4.62. The highest BCUT2D eigenvalue weighted by atomic mass is 35.5. The van der Waals surface area contributed by atoms with E-state index in [-0.39, 0.29) is 12.2 Å². The van der Waals surface area contributed by atoms with Gasteiger partial charge in [-0.1, -0.05) is 29.3 Å². The number of hydrogen-bond acceptors (Lipinski definition) is 5. The number of carbonyl (C=O) groups is 1. The molecule has 8 heteroatoms. The Morgan fingerprint density at radius 3 is 2.79 bits per heavy atom. The summed E-state index contributed by atoms with van der Waals surface area (Å²) in [5.74, 6) is -0.0137. The second-order valence-electron chi connectivity index (χ2n) is 5.20. The largest absolute Gasteiger partial charge is 0.457 e. The van der Waals surface area contributed by atoms with Crippen molar-refractivity contribution in [2.75, 3.05) is 0 Å². The minimum absolute atomic E-state index is 0.0192. The van der Waals surface area contributed by atoms with Crippen LogP contribution in [-0.4, -0.2) is 15.9 Å². The third kappa shape index (κ3) is 3.17. The Labute approximate surface area is 151 Å². The molecule has 0 radical (unpaired) electrons. The topological polar surface area (TPSA) is 72.0 Å². The summed E-state index contributed by atoms with van der Waals surface area (Å²) in [7, 11) is 0. The Hall–Kier alpha value is -1.89. The average Bonchev–Trinajstić information content (AvgIpc) is 2.83. The van der Waals surface area contributed by atoms with Crippen molar-refractivity contribution < 1.29 is 9.53 Å². The lowest BCUT2D eigenvalue weighted by atomic mass is 10.2. The van der Waals surface area contributed by atoms with E-state index in [4.69, 9.17) is 27.9 Å². The van der Waals surface area contributed by atoms with Crippen LogP contribution in [-0.2, 0) is 11.3 Å². The number of rotatable bonds is 3. The van der Waals surface area contributed by atoms with Gasteiger partial charge in [0.15, 0.2) is 0 Å². The Balaban J connectivity index is 1.88. The van der Waals surface area contributed by atoms with Crippen LogP contribution in [0.5, 0.6) is 0 Å². The molecular weight excluding hydrogens is 371 g/mol. The van der Waals surface area contributed by atoms with Crippen LogP contribution in [0.1, 0.15) is 26.6 Å². The summed E-state index contributed by atoms with van der Waals surface area (Å²) < 4.78 is 5.32. The molecule has 124 valence electrons. The third-order valence-electron chi connectivity index (χ3n) is 3.48. The number of halogens is 2. The van der Waals surface area contributed by atoms with Gasteiger partial charge in [0.2, 0.25) is 0 Å². The molecule has 0 fully saturated rings. The summed E-state index contributed by atoms with van der Waals surface area (Å²) in [5.41, 5.74) is 0.960. The van der Waals surface area contributed by atoms with Crippen molar-refractivity contribution in [2.24, 2.45) is 0 Å². The molecule has 24 heavy (non-hydrogen) atoms. The van der Waals surface area contributed by atoms with E-state index in [0.717, 1.165) is 11.3 Å². The average molecular weight is 383 g/mol. The number of aromatic amines is 1. The zero-order valence-corrected chi connectivity index (χ0v) is 15.1. The molecule has 2 aromatic heterocycles. The number of nitrogens with zero attached hydrogens (tertiary/aromatic N) is 1. The predicted octanol–water partition coefficient (Wildman–Crippen LogP) is 4.27. The standard InChI is InChI=1S/C16H12Cl2N2O3S/c1-7-12-14(21)19-8(2)20-15(12)24-13(7)16(22)23-6-9-3-4-10(17)5-11(9)18/h3-5H,6H2,1-2H3,(H,19,20,21). The van der Waals surface area contributed by atoms with Crippen LogP contribution in [0.15, 0.2) is 23.0 Å². The molecule has 2 heterocycles. The highest BCUT2D eigenvalue weighted by Gasteiger charge is 2.20. The zero-order chi connectivity index (χ0) is 17.4. The number of aromatic nitrogens is 2. The van der Waals surface area contributed by atoms with Crippen molar-refractivity contribution in [3.8, 4) is 0 Å². The Morgan fingerprint density at radius 2 is 2.08 bits per heavy atom. The van der Waals surface area contributed by atoms with Gasteiger partial charge in [-0.2, -0.15) is 0 Å². The number of benzene rings is 1. The fraction of sp³-hybridized carbons (Fsp3) is 0.188. The third-order valence-corrected chi connectivity index (χ3v) is 5.23. The van der Waals surface area contributed by atoms with Crippen LogP contribution in [0, 0.1) is 13.8 Å². The maximum Gasteiger partial charge on any atom is 0.349 e. The molecule has 0 atom stereocenters. The van der Waals surface area contributed by atoms with Gasteiger partial charge in [-0.15, -0.1) is 11.3 Å². The number of carbonyl (C=O) groups excluding carboxylic acids is 1. The number of aryl methyl sites for hydroxylation is 2. The maximum absolute atomic E-state index is 12.4. The zero-order valence-electron chi connectivity index (χ0n) is 12.8. The number of fused-ring (bicyclic) bond motifs is 1. The molecule has 5 nitrogen and oxygen atoms in total. The van der Waals surface area contributed by atoms with E-state index in [9.17, 15) is 9.59 Å². The molecule has 0 aliphatic carbocycles. The number of ether oxygens (including phenoxy) is 1. The Morgan fingerprint density at radius 1 is 1.33 bits per heavy atom. The predicted molar refractivity (Wildman–Crippen MR) is 95.3 cm³/mol. The monoisotopic (exact) mass is 382 g/mol. The number of thiophene rings is 1. The van der Waals surface area contributed by atoms with Crippen LogP contribution in [0.3, 0.4) is 0 Å². The second-order valence-corrected chi connectivity index (χ2v) is 7.04. The van der Waals surface area contributed by atoms with Gasteiger partial charge < -0.3 is 9.72 Å². The van der Waals surface area contributed by atoms with E-state index in [1.165, 1.54) is 0 Å². The lowest BCUT2D eigenvalue weighted by molar-refractivity contribution is 0.0478. The summed E-state index contributed by atoms with van der Waals surface area (Å²) in [6.45, 7) is 3.42. The molecule has 0 spiro atoms. The smallest absolute Gasteiger partial charge is 0.349 e. The number of esters is 1. The SMILES string of the molecule is Cc1nc2sc(C(=O)OCc3ccc(Cl)cc3Cl)c(C)c2c(=O)[nH]1. The van der Waals surface area contributed by atoms with Crippen LogP contribution in [0.2, 0.25) is 10.0 Å². The van der Waals surface area contributed by atoms with Crippen molar-refractivity contribution in [3.05, 3.63) is 60.4 Å². The van der Waals surface area contributed by atoms with Gasteiger partial charge in [0.05, 0.1) is 5.39 Å². The van der Waals surface area contributed by atoms with E-state index in [2.05, 4.69) is 9.97 Å². The van der Waals surface area contributed by atoms with Crippen LogP contribution in [0.4, 0.5) is 0 Å². The molecule has 0 saturated carbocycles. The van der Waals surface area contributed by atoms with Crippen LogP contribution in [0.25, 0.3) is 10.2 Å². The van der Waals surface area contributed by atoms with Crippen molar-refractivity contribution in [1.82, 2.24) is 9.97 Å². The van der Waals surface area contributed by atoms with Crippen molar-refractivity contribution in [3.63, 3.8) is 0 Å². The van der Waals surface area contributed by atoms with E-state index >= 15 is 0 Å². The van der Waals surface area contributed by atoms with Crippen molar-refractivity contribution in [2.45, 2.75) is 20.5 Å². The normalized spacial score (nSPS) is 11.0. The first-order valence-corrected chi connectivity index (χ1v) is 8.55. The summed E-state index contributed by atoms with van der Waals surface area (Å²) in [4.78, 5) is 32.2. The first-order valence-electron chi connectivity index (χ1n) is 6.98. The van der Waals surface area contributed by atoms with Crippen molar-refractivity contribution in [1.29, 1.82) is 0 Å². The minimum Gasteiger partial charge on any atom is -0.457 e.